The van der Waals surface area contributed by atoms with Gasteiger partial charge in [0.1, 0.15) is 0 Å². The quantitative estimate of drug-likeness (QED) is 0.603. The lowest BCUT2D eigenvalue weighted by Gasteiger charge is -2.24. The van der Waals surface area contributed by atoms with Crippen LogP contribution in [0.3, 0.4) is 0 Å². The molecule has 0 radical (unpaired) electrons. The van der Waals surface area contributed by atoms with E-state index in [1.54, 1.807) is 18.0 Å². The summed E-state index contributed by atoms with van der Waals surface area (Å²) < 4.78 is 7.23. The van der Waals surface area contributed by atoms with Crippen LogP contribution in [0.4, 0.5) is 0 Å². The van der Waals surface area contributed by atoms with E-state index < -0.39 is 0 Å². The van der Waals surface area contributed by atoms with Gasteiger partial charge in [0.25, 0.3) is 0 Å². The summed E-state index contributed by atoms with van der Waals surface area (Å²) in [7, 11) is 1.68. The second kappa shape index (κ2) is 6.42. The van der Waals surface area contributed by atoms with Crippen molar-refractivity contribution in [2.75, 3.05) is 7.11 Å². The van der Waals surface area contributed by atoms with E-state index in [1.807, 2.05) is 30.3 Å². The van der Waals surface area contributed by atoms with Gasteiger partial charge in [0, 0.05) is 7.11 Å². The molecule has 0 fully saturated rings. The molecule has 0 amide bonds. The van der Waals surface area contributed by atoms with Crippen LogP contribution in [0.25, 0.3) is 5.69 Å². The van der Waals surface area contributed by atoms with Gasteiger partial charge in [-0.05, 0) is 18.6 Å². The first-order chi connectivity index (χ1) is 9.31. The minimum absolute atomic E-state index is 0.0361. The maximum absolute atomic E-state index is 5.66. The number of para-hydroxylation sites is 1. The van der Waals surface area contributed by atoms with Crippen LogP contribution in [-0.2, 0) is 4.74 Å². The highest BCUT2D eigenvalue weighted by molar-refractivity contribution is 5.32. The Morgan fingerprint density at radius 2 is 2.11 bits per heavy atom. The minimum Gasteiger partial charge on any atom is -0.379 e. The van der Waals surface area contributed by atoms with Gasteiger partial charge in [-0.2, -0.15) is 0 Å². The van der Waals surface area contributed by atoms with Crippen molar-refractivity contribution in [1.29, 1.82) is 0 Å². The number of hydrogen-bond donors (Lipinski definition) is 2. The highest BCUT2D eigenvalue weighted by Gasteiger charge is 2.24. The van der Waals surface area contributed by atoms with Crippen molar-refractivity contribution in [1.82, 2.24) is 20.4 Å². The fourth-order valence-corrected chi connectivity index (χ4v) is 2.15. The number of benzene rings is 1. The fraction of sp³-hybridized carbons (Fsp3) is 0.385. The zero-order chi connectivity index (χ0) is 13.7. The van der Waals surface area contributed by atoms with Crippen LogP contribution in [0.1, 0.15) is 25.1 Å². The van der Waals surface area contributed by atoms with Gasteiger partial charge in [-0.1, -0.05) is 30.3 Å². The number of hydrazine groups is 1. The first-order valence-electron chi connectivity index (χ1n) is 6.26. The van der Waals surface area contributed by atoms with Crippen LogP contribution in [0.15, 0.2) is 36.5 Å². The normalized spacial score (nSPS) is 14.3. The molecule has 0 aliphatic heterocycles. The van der Waals surface area contributed by atoms with Gasteiger partial charge in [-0.15, -0.1) is 5.10 Å². The van der Waals surface area contributed by atoms with Crippen molar-refractivity contribution in [3.63, 3.8) is 0 Å². The molecule has 2 rings (SSSR count). The van der Waals surface area contributed by atoms with Crippen molar-refractivity contribution < 1.29 is 4.74 Å². The highest BCUT2D eigenvalue weighted by atomic mass is 16.5. The highest BCUT2D eigenvalue weighted by Crippen LogP contribution is 2.21. The van der Waals surface area contributed by atoms with Gasteiger partial charge in [0.15, 0.2) is 0 Å². The van der Waals surface area contributed by atoms with Gasteiger partial charge < -0.3 is 4.74 Å². The van der Waals surface area contributed by atoms with E-state index in [9.17, 15) is 0 Å². The molecular formula is C13H19N5O. The number of nitrogens with two attached hydrogens (primary N) is 1. The molecule has 6 heteroatoms. The number of nitrogens with one attached hydrogen (secondary N) is 1. The number of rotatable bonds is 6. The van der Waals surface area contributed by atoms with E-state index in [-0.39, 0.29) is 12.1 Å². The molecule has 0 aliphatic rings. The average Bonchev–Trinajstić information content (AvgIpc) is 2.94. The van der Waals surface area contributed by atoms with E-state index >= 15 is 0 Å². The molecule has 2 atom stereocenters. The first kappa shape index (κ1) is 13.7. The molecule has 0 saturated carbocycles. The molecule has 1 aromatic heterocycles. The van der Waals surface area contributed by atoms with Gasteiger partial charge in [-0.3, -0.25) is 5.84 Å². The third-order valence-electron chi connectivity index (χ3n) is 3.15. The second-order valence-corrected chi connectivity index (χ2v) is 4.23. The molecule has 19 heavy (non-hydrogen) atoms. The minimum atomic E-state index is -0.162. The standard InChI is InChI=1S/C13H19N5O/c1-3-12(19-2)13(16-14)11-9-15-17-18(11)10-7-5-4-6-8-10/h4-9,12-13,16H,3,14H2,1-2H3. The molecule has 0 saturated heterocycles. The predicted molar refractivity (Wildman–Crippen MR) is 72.5 cm³/mol. The van der Waals surface area contributed by atoms with Crippen molar-refractivity contribution in [2.45, 2.75) is 25.5 Å². The summed E-state index contributed by atoms with van der Waals surface area (Å²) in [5.41, 5.74) is 4.61. The van der Waals surface area contributed by atoms with Crippen molar-refractivity contribution >= 4 is 0 Å². The Morgan fingerprint density at radius 1 is 1.37 bits per heavy atom. The number of methoxy groups -OCH3 is 1. The second-order valence-electron chi connectivity index (χ2n) is 4.23. The molecule has 3 N–H and O–H groups in total. The summed E-state index contributed by atoms with van der Waals surface area (Å²) in [4.78, 5) is 0. The molecule has 2 unspecified atom stereocenters. The number of hydrogen-bond acceptors (Lipinski definition) is 5. The summed E-state index contributed by atoms with van der Waals surface area (Å²) in [6, 6.07) is 9.66. The Hall–Kier alpha value is -1.76. The lowest BCUT2D eigenvalue weighted by molar-refractivity contribution is 0.0630. The van der Waals surface area contributed by atoms with Crippen LogP contribution in [0.2, 0.25) is 0 Å². The van der Waals surface area contributed by atoms with Crippen LogP contribution in [0, 0.1) is 0 Å². The Morgan fingerprint density at radius 3 is 2.68 bits per heavy atom. The zero-order valence-electron chi connectivity index (χ0n) is 11.2. The average molecular weight is 261 g/mol. The molecular weight excluding hydrogens is 242 g/mol. The number of ether oxygens (including phenoxy) is 1. The van der Waals surface area contributed by atoms with Gasteiger partial charge in [0.05, 0.1) is 29.7 Å². The SMILES string of the molecule is CCC(OC)C(NN)c1cnnn1-c1ccccc1. The Bertz CT molecular complexity index is 495. The van der Waals surface area contributed by atoms with E-state index in [1.165, 1.54) is 0 Å². The van der Waals surface area contributed by atoms with Crippen molar-refractivity contribution in [2.24, 2.45) is 5.84 Å². The molecule has 102 valence electrons. The summed E-state index contributed by atoms with van der Waals surface area (Å²) in [6.45, 7) is 2.05. The molecule has 6 nitrogen and oxygen atoms in total. The lowest BCUT2D eigenvalue weighted by atomic mass is 10.1. The molecule has 0 spiro atoms. The zero-order valence-corrected chi connectivity index (χ0v) is 11.2. The van der Waals surface area contributed by atoms with Crippen LogP contribution in [0.5, 0.6) is 0 Å². The van der Waals surface area contributed by atoms with Crippen LogP contribution < -0.4 is 11.3 Å². The topological polar surface area (TPSA) is 78.0 Å². The van der Waals surface area contributed by atoms with E-state index in [4.69, 9.17) is 10.6 Å². The Balaban J connectivity index is 2.38. The van der Waals surface area contributed by atoms with Crippen molar-refractivity contribution in [3.05, 3.63) is 42.2 Å². The largest absolute Gasteiger partial charge is 0.379 e. The fourth-order valence-electron chi connectivity index (χ4n) is 2.15. The third kappa shape index (κ3) is 2.81. The van der Waals surface area contributed by atoms with E-state index in [0.717, 1.165) is 17.8 Å². The summed E-state index contributed by atoms with van der Waals surface area (Å²) in [6.07, 6.45) is 2.51. The molecule has 1 aromatic carbocycles. The summed E-state index contributed by atoms with van der Waals surface area (Å²) >= 11 is 0. The molecule has 0 aliphatic carbocycles. The van der Waals surface area contributed by atoms with Gasteiger partial charge in [-0.25, -0.2) is 10.1 Å². The molecule has 1 heterocycles. The van der Waals surface area contributed by atoms with Gasteiger partial charge in [0.2, 0.25) is 0 Å². The maximum Gasteiger partial charge on any atom is 0.0910 e. The number of aromatic nitrogens is 3. The maximum atomic E-state index is 5.66. The third-order valence-corrected chi connectivity index (χ3v) is 3.15. The summed E-state index contributed by atoms with van der Waals surface area (Å²) in [5, 5.41) is 8.10. The smallest absolute Gasteiger partial charge is 0.0910 e. The van der Waals surface area contributed by atoms with Crippen molar-refractivity contribution in [3.8, 4) is 5.69 Å². The molecule has 0 bridgehead atoms. The van der Waals surface area contributed by atoms with Crippen LogP contribution >= 0.6 is 0 Å². The molecule has 2 aromatic rings. The first-order valence-corrected chi connectivity index (χ1v) is 6.26. The number of nitrogens with zero attached hydrogens (tertiary/aromatic N) is 3. The monoisotopic (exact) mass is 261 g/mol. The summed E-state index contributed by atoms with van der Waals surface area (Å²) in [5.74, 6) is 5.66. The van der Waals surface area contributed by atoms with Crippen LogP contribution in [-0.4, -0.2) is 28.2 Å². The Labute approximate surface area is 112 Å². The Kier molecular flexibility index (Phi) is 4.62. The van der Waals surface area contributed by atoms with E-state index in [0.29, 0.717) is 0 Å². The van der Waals surface area contributed by atoms with Gasteiger partial charge >= 0.3 is 0 Å². The predicted octanol–water partition coefficient (Wildman–Crippen LogP) is 1.20. The van der Waals surface area contributed by atoms with E-state index in [2.05, 4.69) is 22.7 Å². The lowest BCUT2D eigenvalue weighted by Crippen LogP contribution is -2.38.